The Morgan fingerprint density at radius 3 is 2.44 bits per heavy atom. The Morgan fingerprint density at radius 2 is 1.89 bits per heavy atom. The second-order valence-electron chi connectivity index (χ2n) is 5.61. The second-order valence-corrected chi connectivity index (χ2v) is 6.59. The monoisotopic (exact) mass is 389 g/mol. The van der Waals surface area contributed by atoms with Gasteiger partial charge in [-0.25, -0.2) is 4.79 Å². The van der Waals surface area contributed by atoms with Crippen molar-refractivity contribution in [2.24, 2.45) is 22.9 Å². The number of hydrogen-bond donors (Lipinski definition) is 3. The van der Waals surface area contributed by atoms with E-state index in [-0.39, 0.29) is 5.84 Å². The van der Waals surface area contributed by atoms with Gasteiger partial charge in [0.15, 0.2) is 4.80 Å². The minimum Gasteiger partial charge on any atom is -0.479 e. The maximum Gasteiger partial charge on any atom is 0.344 e. The predicted octanol–water partition coefficient (Wildman–Crippen LogP) is 1.25. The first-order valence-electron chi connectivity index (χ1n) is 7.79. The zero-order valence-electron chi connectivity index (χ0n) is 15.0. The number of carbonyl (C=O) groups is 2. The number of carbonyl (C=O) groups excluding carboxylic acids is 1. The minimum absolute atomic E-state index is 0.0734. The molecule has 27 heavy (non-hydrogen) atoms. The van der Waals surface area contributed by atoms with Crippen molar-refractivity contribution in [3.05, 3.63) is 50.8 Å². The Bertz CT molecular complexity index is 986. The van der Waals surface area contributed by atoms with Gasteiger partial charge in [-0.05, 0) is 26.0 Å². The highest BCUT2D eigenvalue weighted by Gasteiger charge is 2.13. The maximum absolute atomic E-state index is 12.4. The van der Waals surface area contributed by atoms with Crippen LogP contribution in [0.3, 0.4) is 0 Å². The number of nitrogens with zero attached hydrogens (tertiary/aromatic N) is 3. The highest BCUT2D eigenvalue weighted by molar-refractivity contribution is 7.11. The summed E-state index contributed by atoms with van der Waals surface area (Å²) in [4.78, 5) is 33.0. The van der Waals surface area contributed by atoms with Crippen LogP contribution in [0.5, 0.6) is 0 Å². The first kappa shape index (κ1) is 20.0. The lowest BCUT2D eigenvalue weighted by molar-refractivity contribution is -0.142. The molecule has 0 unspecified atom stereocenters. The predicted molar refractivity (Wildman–Crippen MR) is 101 cm³/mol. The lowest BCUT2D eigenvalue weighted by Crippen LogP contribution is -2.15. The van der Waals surface area contributed by atoms with Crippen LogP contribution in [0.4, 0.5) is 0 Å². The van der Waals surface area contributed by atoms with Gasteiger partial charge < -0.3 is 20.2 Å². The summed E-state index contributed by atoms with van der Waals surface area (Å²) in [5.41, 5.74) is 7.62. The highest BCUT2D eigenvalue weighted by Crippen LogP contribution is 2.13. The molecule has 0 fully saturated rings. The number of amides is 1. The third kappa shape index (κ3) is 4.88. The zero-order chi connectivity index (χ0) is 20.1. The van der Waals surface area contributed by atoms with E-state index in [1.54, 1.807) is 42.8 Å². The molecule has 0 radical (unpaired) electrons. The molecule has 9 nitrogen and oxygen atoms in total. The van der Waals surface area contributed by atoms with Crippen molar-refractivity contribution in [3.63, 3.8) is 0 Å². The summed E-state index contributed by atoms with van der Waals surface area (Å²) in [6, 6.07) is 6.31. The SMILES string of the molecule is C/C(=N\OCC(=O)O)c1sc(=NC(=O)c2ccc(C(=N)N)cc2)n(C)c1C. The molecule has 0 saturated carbocycles. The number of nitrogens with one attached hydrogen (secondary N) is 1. The second kappa shape index (κ2) is 8.41. The van der Waals surface area contributed by atoms with Crippen LogP contribution in [0.15, 0.2) is 34.4 Å². The van der Waals surface area contributed by atoms with E-state index >= 15 is 0 Å². The number of aliphatic carboxylic acids is 1. The van der Waals surface area contributed by atoms with Gasteiger partial charge in [-0.1, -0.05) is 28.6 Å². The number of hydrogen-bond acceptors (Lipinski definition) is 6. The fraction of sp³-hybridized carbons (Fsp3) is 0.235. The lowest BCUT2D eigenvalue weighted by atomic mass is 10.1. The van der Waals surface area contributed by atoms with E-state index in [1.165, 1.54) is 11.3 Å². The molecule has 0 saturated heterocycles. The number of nitrogen functional groups attached to an aromatic ring is 1. The van der Waals surface area contributed by atoms with Gasteiger partial charge in [-0.2, -0.15) is 4.99 Å². The van der Waals surface area contributed by atoms with Gasteiger partial charge in [0.05, 0.1) is 10.6 Å². The van der Waals surface area contributed by atoms with Crippen molar-refractivity contribution >= 4 is 34.8 Å². The number of rotatable bonds is 6. The molecule has 1 amide bonds. The Labute approximate surface area is 158 Å². The zero-order valence-corrected chi connectivity index (χ0v) is 15.8. The molecule has 1 aromatic heterocycles. The smallest absolute Gasteiger partial charge is 0.344 e. The molecule has 0 aliphatic carbocycles. The summed E-state index contributed by atoms with van der Waals surface area (Å²) in [6.07, 6.45) is 0. The summed E-state index contributed by atoms with van der Waals surface area (Å²) in [6.45, 7) is 3.00. The molecule has 0 spiro atoms. The van der Waals surface area contributed by atoms with Crippen LogP contribution >= 0.6 is 11.3 Å². The van der Waals surface area contributed by atoms with Gasteiger partial charge in [0.25, 0.3) is 5.91 Å². The minimum atomic E-state index is -1.11. The van der Waals surface area contributed by atoms with E-state index in [4.69, 9.17) is 21.1 Å². The van der Waals surface area contributed by atoms with Crippen molar-refractivity contribution in [1.29, 1.82) is 5.41 Å². The van der Waals surface area contributed by atoms with Crippen LogP contribution in [0.1, 0.15) is 33.4 Å². The molecular formula is C17H19N5O4S. The van der Waals surface area contributed by atoms with Gasteiger partial charge in [0.2, 0.25) is 6.61 Å². The van der Waals surface area contributed by atoms with Crippen molar-refractivity contribution in [2.45, 2.75) is 13.8 Å². The largest absolute Gasteiger partial charge is 0.479 e. The molecule has 2 rings (SSSR count). The van der Waals surface area contributed by atoms with Gasteiger partial charge in [0, 0.05) is 23.9 Å². The average Bonchev–Trinajstić information content (AvgIpc) is 2.90. The average molecular weight is 389 g/mol. The Hall–Kier alpha value is -3.27. The van der Waals surface area contributed by atoms with E-state index in [9.17, 15) is 9.59 Å². The standard InChI is InChI=1S/C17H19N5O4S/c1-9(21-26-8-13(23)24)14-10(2)22(3)17(27-14)20-16(25)12-6-4-11(5-7-12)15(18)19/h4-7H,8H2,1-3H3,(H3,18,19)(H,23,24)/b20-17?,21-9+. The molecule has 4 N–H and O–H groups in total. The maximum atomic E-state index is 12.4. The number of oxime groups is 1. The molecule has 1 aromatic carbocycles. The van der Waals surface area contributed by atoms with Crippen LogP contribution in [-0.4, -0.2) is 39.7 Å². The van der Waals surface area contributed by atoms with Crippen LogP contribution in [0.25, 0.3) is 0 Å². The van der Waals surface area contributed by atoms with Crippen LogP contribution < -0.4 is 10.5 Å². The quantitative estimate of drug-likeness (QED) is 0.387. The number of carboxylic acids is 1. The van der Waals surface area contributed by atoms with Crippen LogP contribution in [0, 0.1) is 12.3 Å². The van der Waals surface area contributed by atoms with Crippen molar-refractivity contribution in [3.8, 4) is 0 Å². The van der Waals surface area contributed by atoms with Crippen molar-refractivity contribution in [2.75, 3.05) is 6.61 Å². The Kier molecular flexibility index (Phi) is 6.24. The van der Waals surface area contributed by atoms with E-state index in [1.807, 2.05) is 6.92 Å². The van der Waals surface area contributed by atoms with Gasteiger partial charge in [-0.3, -0.25) is 10.2 Å². The number of amidine groups is 1. The third-order valence-electron chi connectivity index (χ3n) is 3.67. The number of carboxylic acid groups (broad SMARTS) is 1. The third-order valence-corrected chi connectivity index (χ3v) is 5.01. The molecule has 10 heteroatoms. The number of nitrogens with two attached hydrogens (primary N) is 1. The molecular weight excluding hydrogens is 370 g/mol. The number of benzene rings is 1. The normalized spacial score (nSPS) is 12.1. The van der Waals surface area contributed by atoms with Crippen LogP contribution in [0.2, 0.25) is 0 Å². The summed E-state index contributed by atoms with van der Waals surface area (Å²) >= 11 is 1.25. The molecule has 142 valence electrons. The number of thiazole rings is 1. The van der Waals surface area contributed by atoms with Crippen molar-refractivity contribution in [1.82, 2.24) is 4.57 Å². The van der Waals surface area contributed by atoms with Crippen LogP contribution in [-0.2, 0) is 16.7 Å². The topological polar surface area (TPSA) is 143 Å². The summed E-state index contributed by atoms with van der Waals surface area (Å²) in [5.74, 6) is -1.61. The Balaban J connectivity index is 2.31. The van der Waals surface area contributed by atoms with Crippen molar-refractivity contribution < 1.29 is 19.5 Å². The van der Waals surface area contributed by atoms with E-state index < -0.39 is 18.5 Å². The highest BCUT2D eigenvalue weighted by atomic mass is 32.1. The van der Waals surface area contributed by atoms with E-state index in [0.717, 1.165) is 10.6 Å². The fourth-order valence-corrected chi connectivity index (χ4v) is 3.19. The van der Waals surface area contributed by atoms with E-state index in [0.29, 0.717) is 21.6 Å². The first-order chi connectivity index (χ1) is 12.7. The Morgan fingerprint density at radius 1 is 1.30 bits per heavy atom. The summed E-state index contributed by atoms with van der Waals surface area (Å²) < 4.78 is 1.75. The summed E-state index contributed by atoms with van der Waals surface area (Å²) in [5, 5.41) is 19.7. The van der Waals surface area contributed by atoms with Gasteiger partial charge in [-0.15, -0.1) is 0 Å². The lowest BCUT2D eigenvalue weighted by Gasteiger charge is -2.00. The molecule has 2 aromatic rings. The van der Waals surface area contributed by atoms with Gasteiger partial charge in [0.1, 0.15) is 5.84 Å². The molecule has 0 aliphatic rings. The van der Waals surface area contributed by atoms with Gasteiger partial charge >= 0.3 is 5.97 Å². The first-order valence-corrected chi connectivity index (χ1v) is 8.61. The summed E-state index contributed by atoms with van der Waals surface area (Å²) in [7, 11) is 1.77. The number of aromatic nitrogens is 1. The van der Waals surface area contributed by atoms with E-state index in [2.05, 4.69) is 10.1 Å². The molecule has 0 aliphatic heterocycles. The molecule has 0 bridgehead atoms. The molecule has 0 atom stereocenters. The molecule has 1 heterocycles. The fourth-order valence-electron chi connectivity index (χ4n) is 2.13.